The highest BCUT2D eigenvalue weighted by molar-refractivity contribution is 5.89. The first-order valence-electron chi connectivity index (χ1n) is 7.90. The molecule has 3 N–H and O–H groups in total. The third kappa shape index (κ3) is 3.82. The van der Waals surface area contributed by atoms with E-state index >= 15 is 0 Å². The number of nitrogens with one attached hydrogen (secondary N) is 1. The molecule has 3 rings (SSSR count). The zero-order valence-electron chi connectivity index (χ0n) is 14.3. The number of amides is 1. The number of nitrogens with zero attached hydrogens (tertiary/aromatic N) is 6. The van der Waals surface area contributed by atoms with E-state index in [1.54, 1.807) is 23.3 Å². The Balaban J connectivity index is 1.67. The largest absolute Gasteiger partial charge is 0.383 e. The second-order valence-corrected chi connectivity index (χ2v) is 6.04. The summed E-state index contributed by atoms with van der Waals surface area (Å²) in [5.74, 6) is 0.618. The predicted molar refractivity (Wildman–Crippen MR) is 93.6 cm³/mol. The van der Waals surface area contributed by atoms with Crippen molar-refractivity contribution in [1.29, 1.82) is 0 Å². The van der Waals surface area contributed by atoms with Crippen LogP contribution in [-0.4, -0.2) is 35.7 Å². The van der Waals surface area contributed by atoms with Crippen LogP contribution in [0.15, 0.2) is 30.7 Å². The predicted octanol–water partition coefficient (Wildman–Crippen LogP) is 1.65. The second-order valence-electron chi connectivity index (χ2n) is 6.04. The molecule has 1 amide bonds. The maximum absolute atomic E-state index is 12.1. The van der Waals surface area contributed by atoms with Gasteiger partial charge in [-0.1, -0.05) is 5.21 Å². The molecule has 3 aromatic heterocycles. The van der Waals surface area contributed by atoms with Crippen molar-refractivity contribution >= 4 is 17.5 Å². The van der Waals surface area contributed by atoms with Crippen molar-refractivity contribution in [2.24, 2.45) is 0 Å². The molecule has 25 heavy (non-hydrogen) atoms. The van der Waals surface area contributed by atoms with Crippen LogP contribution in [0.5, 0.6) is 0 Å². The van der Waals surface area contributed by atoms with E-state index in [9.17, 15) is 4.79 Å². The smallest absolute Gasteiger partial charge is 0.247 e. The van der Waals surface area contributed by atoms with Crippen LogP contribution in [0.1, 0.15) is 25.6 Å². The van der Waals surface area contributed by atoms with Crippen molar-refractivity contribution in [1.82, 2.24) is 29.8 Å². The highest BCUT2D eigenvalue weighted by Gasteiger charge is 2.11. The Kier molecular flexibility index (Phi) is 4.46. The monoisotopic (exact) mass is 340 g/mol. The van der Waals surface area contributed by atoms with Gasteiger partial charge >= 0.3 is 0 Å². The van der Waals surface area contributed by atoms with Crippen molar-refractivity contribution in [2.75, 3.05) is 11.1 Å². The molecule has 0 aliphatic carbocycles. The Bertz CT molecular complexity index is 895. The quantitative estimate of drug-likeness (QED) is 0.729. The third-order valence-electron chi connectivity index (χ3n) is 3.62. The van der Waals surface area contributed by atoms with E-state index in [1.807, 2.05) is 32.9 Å². The molecule has 0 bridgehead atoms. The summed E-state index contributed by atoms with van der Waals surface area (Å²) < 4.78 is 3.21. The molecule has 0 saturated heterocycles. The highest BCUT2D eigenvalue weighted by atomic mass is 16.2. The first kappa shape index (κ1) is 16.6. The summed E-state index contributed by atoms with van der Waals surface area (Å²) >= 11 is 0. The van der Waals surface area contributed by atoms with Crippen molar-refractivity contribution in [3.8, 4) is 11.1 Å². The van der Waals surface area contributed by atoms with Crippen LogP contribution in [0.2, 0.25) is 0 Å². The van der Waals surface area contributed by atoms with Gasteiger partial charge in [-0.2, -0.15) is 5.10 Å². The van der Waals surface area contributed by atoms with Crippen molar-refractivity contribution in [3.05, 3.63) is 36.4 Å². The fourth-order valence-corrected chi connectivity index (χ4v) is 2.33. The maximum atomic E-state index is 12.1. The fraction of sp³-hybridized carbons (Fsp3) is 0.312. The van der Waals surface area contributed by atoms with E-state index in [-0.39, 0.29) is 18.5 Å². The number of pyridine rings is 1. The Labute approximate surface area is 144 Å². The minimum atomic E-state index is -0.236. The molecule has 9 heteroatoms. The molecule has 0 aliphatic heterocycles. The summed E-state index contributed by atoms with van der Waals surface area (Å²) in [6.45, 7) is 5.91. The van der Waals surface area contributed by atoms with Gasteiger partial charge in [0.2, 0.25) is 5.91 Å². The van der Waals surface area contributed by atoms with E-state index in [4.69, 9.17) is 5.73 Å². The van der Waals surface area contributed by atoms with Crippen LogP contribution in [0.25, 0.3) is 11.1 Å². The average molecular weight is 340 g/mol. The average Bonchev–Trinajstić information content (AvgIpc) is 3.17. The first-order chi connectivity index (χ1) is 11.9. The number of carbonyl (C=O) groups excluding carboxylic acids is 1. The minimum Gasteiger partial charge on any atom is -0.383 e. The van der Waals surface area contributed by atoms with Gasteiger partial charge in [-0.25, -0.2) is 9.67 Å². The summed E-state index contributed by atoms with van der Waals surface area (Å²) in [6.07, 6.45) is 5.11. The van der Waals surface area contributed by atoms with E-state index in [0.717, 1.165) is 16.8 Å². The SMILES string of the molecule is Cc1ccc(-c2cnn(CC(=O)Nc3cn(C(C)C)nn3)c2)c(N)n1. The number of nitrogen functional groups attached to an aromatic ring is 1. The number of rotatable bonds is 5. The molecule has 3 aromatic rings. The van der Waals surface area contributed by atoms with Gasteiger partial charge in [0, 0.05) is 29.1 Å². The number of anilines is 2. The lowest BCUT2D eigenvalue weighted by Crippen LogP contribution is -2.19. The Morgan fingerprint density at radius 1 is 1.32 bits per heavy atom. The lowest BCUT2D eigenvalue weighted by atomic mass is 10.1. The topological polar surface area (TPSA) is 117 Å². The van der Waals surface area contributed by atoms with Crippen LogP contribution in [0.3, 0.4) is 0 Å². The summed E-state index contributed by atoms with van der Waals surface area (Å²) in [5.41, 5.74) is 8.40. The lowest BCUT2D eigenvalue weighted by Gasteiger charge is -2.04. The van der Waals surface area contributed by atoms with Gasteiger partial charge in [-0.05, 0) is 32.9 Å². The fourth-order valence-electron chi connectivity index (χ4n) is 2.33. The van der Waals surface area contributed by atoms with E-state index in [2.05, 4.69) is 25.7 Å². The molecule has 0 unspecified atom stereocenters. The number of aryl methyl sites for hydroxylation is 1. The van der Waals surface area contributed by atoms with Crippen molar-refractivity contribution in [3.63, 3.8) is 0 Å². The molecule has 0 spiro atoms. The lowest BCUT2D eigenvalue weighted by molar-refractivity contribution is -0.116. The Morgan fingerprint density at radius 2 is 2.12 bits per heavy atom. The number of hydrogen-bond donors (Lipinski definition) is 2. The molecule has 0 atom stereocenters. The zero-order valence-corrected chi connectivity index (χ0v) is 14.3. The van der Waals surface area contributed by atoms with Gasteiger partial charge < -0.3 is 11.1 Å². The maximum Gasteiger partial charge on any atom is 0.247 e. The minimum absolute atomic E-state index is 0.0632. The standard InChI is InChI=1S/C16H20N8O/c1-10(2)24-8-14(21-22-24)20-15(25)9-23-7-12(6-18-23)13-5-4-11(3)19-16(13)17/h4-8,10H,9H2,1-3H3,(H2,17,19)(H,20,25). The van der Waals surface area contributed by atoms with E-state index < -0.39 is 0 Å². The van der Waals surface area contributed by atoms with Crippen LogP contribution in [0.4, 0.5) is 11.6 Å². The molecule has 0 aromatic carbocycles. The van der Waals surface area contributed by atoms with Gasteiger partial charge in [0.1, 0.15) is 12.4 Å². The molecule has 0 saturated carbocycles. The van der Waals surface area contributed by atoms with Gasteiger partial charge in [-0.15, -0.1) is 5.10 Å². The molecular formula is C16H20N8O. The van der Waals surface area contributed by atoms with Gasteiger partial charge in [-0.3, -0.25) is 9.48 Å². The van der Waals surface area contributed by atoms with Gasteiger partial charge in [0.05, 0.1) is 12.4 Å². The van der Waals surface area contributed by atoms with E-state index in [1.165, 1.54) is 4.68 Å². The van der Waals surface area contributed by atoms with Crippen LogP contribution in [-0.2, 0) is 11.3 Å². The van der Waals surface area contributed by atoms with Gasteiger partial charge in [0.15, 0.2) is 5.82 Å². The van der Waals surface area contributed by atoms with Gasteiger partial charge in [0.25, 0.3) is 0 Å². The number of hydrogen-bond acceptors (Lipinski definition) is 6. The Hall–Kier alpha value is -3.23. The highest BCUT2D eigenvalue weighted by Crippen LogP contribution is 2.23. The second kappa shape index (κ2) is 6.71. The number of nitrogens with two attached hydrogens (primary N) is 1. The van der Waals surface area contributed by atoms with Crippen molar-refractivity contribution < 1.29 is 4.79 Å². The molecule has 9 nitrogen and oxygen atoms in total. The molecular weight excluding hydrogens is 320 g/mol. The summed E-state index contributed by atoms with van der Waals surface area (Å²) in [6, 6.07) is 3.96. The number of carbonyl (C=O) groups is 1. The van der Waals surface area contributed by atoms with E-state index in [0.29, 0.717) is 11.6 Å². The van der Waals surface area contributed by atoms with Crippen LogP contribution >= 0.6 is 0 Å². The summed E-state index contributed by atoms with van der Waals surface area (Å²) in [7, 11) is 0. The molecule has 0 aliphatic rings. The van der Waals surface area contributed by atoms with Crippen LogP contribution < -0.4 is 11.1 Å². The third-order valence-corrected chi connectivity index (χ3v) is 3.62. The van der Waals surface area contributed by atoms with Crippen LogP contribution in [0, 0.1) is 6.92 Å². The normalized spacial score (nSPS) is 11.0. The zero-order chi connectivity index (χ0) is 18.0. The molecule has 130 valence electrons. The molecule has 3 heterocycles. The van der Waals surface area contributed by atoms with Crippen molar-refractivity contribution in [2.45, 2.75) is 33.4 Å². The number of aromatic nitrogens is 6. The first-order valence-corrected chi connectivity index (χ1v) is 7.90. The molecule has 0 radical (unpaired) electrons. The summed E-state index contributed by atoms with van der Waals surface area (Å²) in [5, 5.41) is 14.8. The summed E-state index contributed by atoms with van der Waals surface area (Å²) in [4.78, 5) is 16.4. The Morgan fingerprint density at radius 3 is 2.80 bits per heavy atom. The molecule has 0 fully saturated rings.